The van der Waals surface area contributed by atoms with Gasteiger partial charge in [0.15, 0.2) is 15.0 Å². The highest BCUT2D eigenvalue weighted by Crippen LogP contribution is 2.32. The maximum atomic E-state index is 13.6. The number of thioether (sulfide) groups is 1. The molecule has 154 valence electrons. The summed E-state index contributed by atoms with van der Waals surface area (Å²) < 4.78 is 53.6. The molecule has 0 bridgehead atoms. The van der Waals surface area contributed by atoms with E-state index < -0.39 is 16.4 Å². The normalized spacial score (nSPS) is 18.7. The highest BCUT2D eigenvalue weighted by molar-refractivity contribution is 7.98. The average Bonchev–Trinajstić information content (AvgIpc) is 3.34. The monoisotopic (exact) mass is 439 g/mol. The molecule has 3 aromatic rings. The first kappa shape index (κ1) is 20.0. The van der Waals surface area contributed by atoms with E-state index in [0.717, 1.165) is 4.57 Å². The number of sulfone groups is 1. The molecule has 1 aromatic carbocycles. The van der Waals surface area contributed by atoms with E-state index in [1.165, 1.54) is 11.8 Å². The molecular weight excluding hydrogens is 420 g/mol. The molecule has 2 aromatic heterocycles. The lowest BCUT2D eigenvalue weighted by Gasteiger charge is -2.11. The zero-order chi connectivity index (χ0) is 20.6. The van der Waals surface area contributed by atoms with E-state index in [4.69, 9.17) is 0 Å². The Labute approximate surface area is 170 Å². The van der Waals surface area contributed by atoms with Crippen molar-refractivity contribution in [1.82, 2.24) is 24.3 Å². The van der Waals surface area contributed by atoms with Crippen molar-refractivity contribution in [2.75, 3.05) is 11.5 Å². The Morgan fingerprint density at radius 1 is 1.31 bits per heavy atom. The molecule has 11 heteroatoms. The Bertz CT molecular complexity index is 1160. The SMILES string of the molecule is C=CCn1c(SCc2nc3ccccc3n2C(F)F)nnc1C1CCS(=O)(=O)C1. The fraction of sp³-hybridized carbons (Fsp3) is 0.389. The molecular formula is C18H19F2N5O2S2. The molecule has 1 aliphatic rings. The summed E-state index contributed by atoms with van der Waals surface area (Å²) in [5, 5.41) is 8.90. The van der Waals surface area contributed by atoms with Crippen LogP contribution < -0.4 is 0 Å². The van der Waals surface area contributed by atoms with Crippen LogP contribution in [-0.4, -0.2) is 44.2 Å². The molecule has 1 fully saturated rings. The number of aromatic nitrogens is 5. The number of hydrogen-bond acceptors (Lipinski definition) is 6. The second-order valence-corrected chi connectivity index (χ2v) is 9.96. The van der Waals surface area contributed by atoms with Crippen molar-refractivity contribution in [3.8, 4) is 0 Å². The molecule has 29 heavy (non-hydrogen) atoms. The summed E-state index contributed by atoms with van der Waals surface area (Å²) in [5.41, 5.74) is 0.885. The second-order valence-electron chi connectivity index (χ2n) is 6.79. The van der Waals surface area contributed by atoms with Gasteiger partial charge in [0, 0.05) is 12.5 Å². The van der Waals surface area contributed by atoms with Crippen molar-refractivity contribution in [3.63, 3.8) is 0 Å². The highest BCUT2D eigenvalue weighted by Gasteiger charge is 2.33. The fourth-order valence-corrected chi connectivity index (χ4v) is 6.17. The smallest absolute Gasteiger partial charge is 0.302 e. The lowest BCUT2D eigenvalue weighted by Crippen LogP contribution is -2.11. The van der Waals surface area contributed by atoms with Crippen molar-refractivity contribution in [3.05, 3.63) is 48.6 Å². The molecule has 1 aliphatic heterocycles. The summed E-state index contributed by atoms with van der Waals surface area (Å²) in [6, 6.07) is 6.76. The van der Waals surface area contributed by atoms with Crippen molar-refractivity contribution >= 4 is 32.6 Å². The highest BCUT2D eigenvalue weighted by atomic mass is 32.2. The lowest BCUT2D eigenvalue weighted by atomic mass is 10.1. The lowest BCUT2D eigenvalue weighted by molar-refractivity contribution is 0.0722. The van der Waals surface area contributed by atoms with Crippen LogP contribution in [0.4, 0.5) is 8.78 Å². The van der Waals surface area contributed by atoms with Crippen LogP contribution >= 0.6 is 11.8 Å². The summed E-state index contributed by atoms with van der Waals surface area (Å²) in [7, 11) is -3.06. The minimum Gasteiger partial charge on any atom is -0.302 e. The van der Waals surface area contributed by atoms with E-state index in [2.05, 4.69) is 21.8 Å². The van der Waals surface area contributed by atoms with Crippen LogP contribution in [0.15, 0.2) is 42.1 Å². The molecule has 0 saturated carbocycles. The van der Waals surface area contributed by atoms with Gasteiger partial charge in [-0.2, -0.15) is 8.78 Å². The van der Waals surface area contributed by atoms with Crippen molar-refractivity contribution in [2.24, 2.45) is 0 Å². The molecule has 0 radical (unpaired) electrons. The van der Waals surface area contributed by atoms with Gasteiger partial charge in [-0.15, -0.1) is 16.8 Å². The van der Waals surface area contributed by atoms with Crippen LogP contribution in [-0.2, 0) is 22.1 Å². The predicted molar refractivity (Wildman–Crippen MR) is 107 cm³/mol. The Morgan fingerprint density at radius 2 is 2.10 bits per heavy atom. The van der Waals surface area contributed by atoms with Crippen LogP contribution in [0.25, 0.3) is 11.0 Å². The number of allylic oxidation sites excluding steroid dienone is 1. The van der Waals surface area contributed by atoms with Crippen molar-refractivity contribution in [2.45, 2.75) is 36.3 Å². The summed E-state index contributed by atoms with van der Waals surface area (Å²) >= 11 is 1.24. The molecule has 0 N–H and O–H groups in total. The maximum Gasteiger partial charge on any atom is 0.320 e. The number of benzene rings is 1. The maximum absolute atomic E-state index is 13.6. The van der Waals surface area contributed by atoms with Crippen LogP contribution in [0.1, 0.15) is 30.5 Å². The number of halogens is 2. The fourth-order valence-electron chi connectivity index (χ4n) is 3.55. The summed E-state index contributed by atoms with van der Waals surface area (Å²) in [5.74, 6) is 0.984. The molecule has 1 atom stereocenters. The van der Waals surface area contributed by atoms with Gasteiger partial charge in [-0.1, -0.05) is 30.0 Å². The van der Waals surface area contributed by atoms with E-state index >= 15 is 0 Å². The Kier molecular flexibility index (Phi) is 5.43. The van der Waals surface area contributed by atoms with Gasteiger partial charge in [0.1, 0.15) is 11.6 Å². The minimum atomic E-state index is -3.06. The van der Waals surface area contributed by atoms with E-state index in [-0.39, 0.29) is 29.0 Å². The van der Waals surface area contributed by atoms with Crippen LogP contribution in [0.3, 0.4) is 0 Å². The quantitative estimate of drug-likeness (QED) is 0.415. The topological polar surface area (TPSA) is 82.7 Å². The summed E-state index contributed by atoms with van der Waals surface area (Å²) in [6.07, 6.45) is 2.18. The Morgan fingerprint density at radius 3 is 2.79 bits per heavy atom. The summed E-state index contributed by atoms with van der Waals surface area (Å²) in [4.78, 5) is 4.33. The van der Waals surface area contributed by atoms with Crippen LogP contribution in [0.2, 0.25) is 0 Å². The third-order valence-electron chi connectivity index (χ3n) is 4.85. The van der Waals surface area contributed by atoms with Gasteiger partial charge < -0.3 is 4.57 Å². The van der Waals surface area contributed by atoms with Crippen molar-refractivity contribution in [1.29, 1.82) is 0 Å². The minimum absolute atomic E-state index is 0.0497. The number of nitrogens with zero attached hydrogens (tertiary/aromatic N) is 5. The van der Waals surface area contributed by atoms with E-state index in [9.17, 15) is 17.2 Å². The molecule has 0 spiro atoms. The third kappa shape index (κ3) is 3.93. The number of hydrogen-bond donors (Lipinski definition) is 0. The van der Waals surface area contributed by atoms with Gasteiger partial charge >= 0.3 is 6.55 Å². The zero-order valence-corrected chi connectivity index (χ0v) is 17.0. The Balaban J connectivity index is 1.62. The molecule has 0 aliphatic carbocycles. The van der Waals surface area contributed by atoms with Crippen LogP contribution in [0.5, 0.6) is 0 Å². The number of fused-ring (bicyclic) bond motifs is 1. The number of para-hydroxylation sites is 2. The van der Waals surface area contributed by atoms with E-state index in [0.29, 0.717) is 35.0 Å². The average molecular weight is 440 g/mol. The first-order chi connectivity index (χ1) is 13.9. The predicted octanol–water partition coefficient (Wildman–Crippen LogP) is 3.40. The van der Waals surface area contributed by atoms with Gasteiger partial charge in [-0.3, -0.25) is 4.57 Å². The largest absolute Gasteiger partial charge is 0.320 e. The molecule has 1 saturated heterocycles. The van der Waals surface area contributed by atoms with Gasteiger partial charge in [0.05, 0.1) is 28.3 Å². The Hall–Kier alpha value is -2.27. The molecule has 4 rings (SSSR count). The second kappa shape index (κ2) is 7.86. The molecule has 7 nitrogen and oxygen atoms in total. The molecule has 0 amide bonds. The molecule has 1 unspecified atom stereocenters. The summed E-state index contributed by atoms with van der Waals surface area (Å²) in [6.45, 7) is 1.44. The standard InChI is InChI=1S/C18H19F2N5O2S2/c1-2-8-24-16(12-7-9-29(26,27)11-12)22-23-18(24)28-10-15-21-13-5-3-4-6-14(13)25(15)17(19)20/h2-6,12,17H,1,7-11H2. The third-order valence-corrected chi connectivity index (χ3v) is 7.58. The number of alkyl halides is 2. The van der Waals surface area contributed by atoms with Gasteiger partial charge in [0.25, 0.3) is 0 Å². The van der Waals surface area contributed by atoms with Crippen molar-refractivity contribution < 1.29 is 17.2 Å². The number of rotatable bonds is 7. The zero-order valence-electron chi connectivity index (χ0n) is 15.4. The van der Waals surface area contributed by atoms with Gasteiger partial charge in [-0.25, -0.2) is 13.4 Å². The van der Waals surface area contributed by atoms with Gasteiger partial charge in [0.2, 0.25) is 0 Å². The van der Waals surface area contributed by atoms with Crippen LogP contribution in [0, 0.1) is 0 Å². The van der Waals surface area contributed by atoms with Gasteiger partial charge in [-0.05, 0) is 18.6 Å². The first-order valence-electron chi connectivity index (χ1n) is 9.01. The van der Waals surface area contributed by atoms with E-state index in [1.807, 2.05) is 0 Å². The number of imidazole rings is 1. The molecule has 3 heterocycles. The first-order valence-corrected chi connectivity index (χ1v) is 11.8. The van der Waals surface area contributed by atoms with E-state index in [1.54, 1.807) is 34.9 Å².